The van der Waals surface area contributed by atoms with Crippen LogP contribution in [0.4, 0.5) is 0 Å². The minimum Gasteiger partial charge on any atom is -0.468 e. The van der Waals surface area contributed by atoms with E-state index in [4.69, 9.17) is 4.74 Å². The van der Waals surface area contributed by atoms with E-state index in [2.05, 4.69) is 19.6 Å². The maximum absolute atomic E-state index is 12.0. The van der Waals surface area contributed by atoms with Gasteiger partial charge in [-0.2, -0.15) is 0 Å². The highest BCUT2D eigenvalue weighted by molar-refractivity contribution is 7.99. The SMILES string of the molecule is COC(=O)CNC(=O)CSc1ncc(-c2ccccc2)n1C[C@@H]1CCCO1. The molecule has 1 saturated heterocycles. The molecule has 2 aromatic rings. The molecule has 1 aliphatic rings. The number of carbonyl (C=O) groups excluding carboxylic acids is 2. The van der Waals surface area contributed by atoms with Crippen LogP contribution in [0.3, 0.4) is 0 Å². The van der Waals surface area contributed by atoms with Gasteiger partial charge in [0, 0.05) is 6.61 Å². The maximum atomic E-state index is 12.0. The van der Waals surface area contributed by atoms with Gasteiger partial charge in [-0.25, -0.2) is 4.98 Å². The van der Waals surface area contributed by atoms with Gasteiger partial charge in [-0.3, -0.25) is 9.59 Å². The second-order valence-electron chi connectivity index (χ2n) is 6.18. The van der Waals surface area contributed by atoms with E-state index in [0.29, 0.717) is 6.54 Å². The molecule has 1 fully saturated rings. The summed E-state index contributed by atoms with van der Waals surface area (Å²) in [4.78, 5) is 27.6. The molecular weight excluding hydrogens is 366 g/mol. The zero-order chi connectivity index (χ0) is 19.1. The van der Waals surface area contributed by atoms with Crippen molar-refractivity contribution >= 4 is 23.6 Å². The summed E-state index contributed by atoms with van der Waals surface area (Å²) in [5.74, 6) is -0.536. The van der Waals surface area contributed by atoms with Gasteiger partial charge in [0.25, 0.3) is 0 Å². The molecule has 1 aliphatic heterocycles. The summed E-state index contributed by atoms with van der Waals surface area (Å²) in [5, 5.41) is 3.30. The average Bonchev–Trinajstić information content (AvgIpc) is 3.35. The fourth-order valence-electron chi connectivity index (χ4n) is 2.91. The summed E-state index contributed by atoms with van der Waals surface area (Å²) < 4.78 is 12.4. The highest BCUT2D eigenvalue weighted by atomic mass is 32.2. The number of rotatable bonds is 8. The van der Waals surface area contributed by atoms with E-state index in [1.165, 1.54) is 18.9 Å². The lowest BCUT2D eigenvalue weighted by Crippen LogP contribution is -2.31. The first-order chi connectivity index (χ1) is 13.2. The van der Waals surface area contributed by atoms with Crippen molar-refractivity contribution in [2.75, 3.05) is 26.0 Å². The lowest BCUT2D eigenvalue weighted by Gasteiger charge is -2.16. The summed E-state index contributed by atoms with van der Waals surface area (Å²) in [6.45, 7) is 1.37. The average molecular weight is 389 g/mol. The van der Waals surface area contributed by atoms with Crippen LogP contribution in [0, 0.1) is 0 Å². The molecule has 0 radical (unpaired) electrons. The van der Waals surface area contributed by atoms with Crippen LogP contribution in [0.1, 0.15) is 12.8 Å². The molecule has 1 aromatic carbocycles. The Hall–Kier alpha value is -2.32. The largest absolute Gasteiger partial charge is 0.468 e. The van der Waals surface area contributed by atoms with Crippen LogP contribution < -0.4 is 5.32 Å². The normalized spacial score (nSPS) is 16.3. The summed E-state index contributed by atoms with van der Waals surface area (Å²) in [5.41, 5.74) is 2.08. The fourth-order valence-corrected chi connectivity index (χ4v) is 3.72. The molecule has 0 bridgehead atoms. The van der Waals surface area contributed by atoms with Crippen molar-refractivity contribution in [2.24, 2.45) is 0 Å². The second kappa shape index (κ2) is 9.57. The Morgan fingerprint density at radius 2 is 2.19 bits per heavy atom. The molecule has 0 saturated carbocycles. The van der Waals surface area contributed by atoms with Crippen LogP contribution >= 0.6 is 11.8 Å². The predicted octanol–water partition coefficient (Wildman–Crippen LogP) is 2.11. The van der Waals surface area contributed by atoms with Crippen molar-refractivity contribution < 1.29 is 19.1 Å². The van der Waals surface area contributed by atoms with E-state index in [1.807, 2.05) is 36.5 Å². The third kappa shape index (κ3) is 5.33. The van der Waals surface area contributed by atoms with Crippen molar-refractivity contribution in [1.29, 1.82) is 0 Å². The molecule has 0 spiro atoms. The van der Waals surface area contributed by atoms with Gasteiger partial charge in [0.15, 0.2) is 5.16 Å². The Morgan fingerprint density at radius 1 is 1.37 bits per heavy atom. The molecule has 8 heteroatoms. The zero-order valence-electron chi connectivity index (χ0n) is 15.2. The number of nitrogens with zero attached hydrogens (tertiary/aromatic N) is 2. The molecule has 1 N–H and O–H groups in total. The van der Waals surface area contributed by atoms with Crippen LogP contribution in [0.15, 0.2) is 41.7 Å². The summed E-state index contributed by atoms with van der Waals surface area (Å²) in [6.07, 6.45) is 4.09. The summed E-state index contributed by atoms with van der Waals surface area (Å²) in [6, 6.07) is 10.0. The zero-order valence-corrected chi connectivity index (χ0v) is 16.0. The van der Waals surface area contributed by atoms with Crippen LogP contribution in [0.5, 0.6) is 0 Å². The predicted molar refractivity (Wildman–Crippen MR) is 102 cm³/mol. The Balaban J connectivity index is 1.71. The Kier molecular flexibility index (Phi) is 6.89. The number of nitrogens with one attached hydrogen (secondary N) is 1. The van der Waals surface area contributed by atoms with Crippen molar-refractivity contribution in [3.63, 3.8) is 0 Å². The number of benzene rings is 1. The van der Waals surface area contributed by atoms with Crippen molar-refractivity contribution in [3.8, 4) is 11.3 Å². The number of hydrogen-bond donors (Lipinski definition) is 1. The summed E-state index contributed by atoms with van der Waals surface area (Å²) in [7, 11) is 1.29. The van der Waals surface area contributed by atoms with Gasteiger partial charge in [-0.05, 0) is 18.4 Å². The Bertz CT molecular complexity index is 773. The molecule has 1 amide bonds. The molecule has 7 nitrogen and oxygen atoms in total. The monoisotopic (exact) mass is 389 g/mol. The minimum atomic E-state index is -0.473. The molecular formula is C19H23N3O4S. The number of methoxy groups -OCH3 is 1. The standard InChI is InChI=1S/C19H23N3O4S/c1-25-18(24)11-20-17(23)13-27-19-21-10-16(14-6-3-2-4-7-14)22(19)12-15-8-5-9-26-15/h2-4,6-7,10,15H,5,8-9,11-13H2,1H3,(H,20,23)/t15-/m0/s1. The first-order valence-electron chi connectivity index (χ1n) is 8.86. The van der Waals surface area contributed by atoms with Crippen LogP contribution in [-0.4, -0.2) is 53.5 Å². The van der Waals surface area contributed by atoms with Crippen molar-refractivity contribution in [3.05, 3.63) is 36.5 Å². The molecule has 1 aromatic heterocycles. The third-order valence-corrected chi connectivity index (χ3v) is 5.28. The van der Waals surface area contributed by atoms with Crippen LogP contribution in [-0.2, 0) is 25.6 Å². The second-order valence-corrected chi connectivity index (χ2v) is 7.12. The molecule has 3 rings (SSSR count). The minimum absolute atomic E-state index is 0.129. The number of imidazole rings is 1. The highest BCUT2D eigenvalue weighted by Crippen LogP contribution is 2.28. The maximum Gasteiger partial charge on any atom is 0.325 e. The van der Waals surface area contributed by atoms with E-state index in [1.54, 1.807) is 0 Å². The number of ether oxygens (including phenoxy) is 2. The number of hydrogen-bond acceptors (Lipinski definition) is 6. The molecule has 27 heavy (non-hydrogen) atoms. The quantitative estimate of drug-likeness (QED) is 0.550. The van der Waals surface area contributed by atoms with Crippen LogP contribution in [0.25, 0.3) is 11.3 Å². The molecule has 144 valence electrons. The van der Waals surface area contributed by atoms with E-state index in [0.717, 1.165) is 35.9 Å². The van der Waals surface area contributed by atoms with E-state index < -0.39 is 5.97 Å². The molecule has 2 heterocycles. The highest BCUT2D eigenvalue weighted by Gasteiger charge is 2.21. The van der Waals surface area contributed by atoms with Gasteiger partial charge in [-0.15, -0.1) is 0 Å². The Morgan fingerprint density at radius 3 is 2.89 bits per heavy atom. The van der Waals surface area contributed by atoms with Gasteiger partial charge in [-0.1, -0.05) is 42.1 Å². The van der Waals surface area contributed by atoms with Gasteiger partial charge in [0.05, 0.1) is 37.4 Å². The first-order valence-corrected chi connectivity index (χ1v) is 9.85. The van der Waals surface area contributed by atoms with Gasteiger partial charge in [0.1, 0.15) is 6.54 Å². The van der Waals surface area contributed by atoms with E-state index in [-0.39, 0.29) is 24.3 Å². The smallest absolute Gasteiger partial charge is 0.325 e. The Labute approximate surface area is 162 Å². The van der Waals surface area contributed by atoms with E-state index >= 15 is 0 Å². The van der Waals surface area contributed by atoms with Gasteiger partial charge < -0.3 is 19.4 Å². The third-order valence-electron chi connectivity index (χ3n) is 4.29. The summed E-state index contributed by atoms with van der Waals surface area (Å²) >= 11 is 1.35. The van der Waals surface area contributed by atoms with Crippen molar-refractivity contribution in [1.82, 2.24) is 14.9 Å². The number of carbonyl (C=O) groups is 2. The lowest BCUT2D eigenvalue weighted by molar-refractivity contribution is -0.140. The lowest BCUT2D eigenvalue weighted by atomic mass is 10.1. The van der Waals surface area contributed by atoms with Crippen LogP contribution in [0.2, 0.25) is 0 Å². The molecule has 0 aliphatic carbocycles. The van der Waals surface area contributed by atoms with E-state index in [9.17, 15) is 9.59 Å². The molecule has 1 atom stereocenters. The fraction of sp³-hybridized carbons (Fsp3) is 0.421. The number of esters is 1. The number of aromatic nitrogens is 2. The van der Waals surface area contributed by atoms with Crippen molar-refractivity contribution in [2.45, 2.75) is 30.6 Å². The number of thioether (sulfide) groups is 1. The number of amides is 1. The topological polar surface area (TPSA) is 82.5 Å². The van der Waals surface area contributed by atoms with Gasteiger partial charge >= 0.3 is 5.97 Å². The van der Waals surface area contributed by atoms with Gasteiger partial charge in [0.2, 0.25) is 5.91 Å². The molecule has 0 unspecified atom stereocenters. The first kappa shape index (κ1) is 19.4.